The number of carbonyl (C=O) groups excluding carboxylic acids is 1. The molecule has 0 bridgehead atoms. The van der Waals surface area contributed by atoms with Gasteiger partial charge in [0.1, 0.15) is 12.1 Å². The van der Waals surface area contributed by atoms with Crippen LogP contribution in [0.1, 0.15) is 18.9 Å². The molecule has 0 aliphatic carbocycles. The van der Waals surface area contributed by atoms with Crippen molar-refractivity contribution >= 4 is 5.97 Å². The zero-order chi connectivity index (χ0) is 9.97. The van der Waals surface area contributed by atoms with Crippen molar-refractivity contribution in [1.82, 2.24) is 4.57 Å². The van der Waals surface area contributed by atoms with Gasteiger partial charge in [-0.2, -0.15) is 0 Å². The molecule has 1 fully saturated rings. The van der Waals surface area contributed by atoms with Gasteiger partial charge in [-0.3, -0.25) is 0 Å². The second kappa shape index (κ2) is 3.59. The summed E-state index contributed by atoms with van der Waals surface area (Å²) in [5.74, 6) is 2.33. The molecule has 0 spiro atoms. The Bertz CT molecular complexity index is 361. The first-order valence-corrected chi connectivity index (χ1v) is 4.57. The summed E-state index contributed by atoms with van der Waals surface area (Å²) >= 11 is 0. The molecular weight excluding hydrogens is 178 g/mol. The normalized spacial score (nSPS) is 25.8. The summed E-state index contributed by atoms with van der Waals surface area (Å²) in [6.07, 6.45) is 9.97. The minimum atomic E-state index is -0.191. The molecule has 0 amide bonds. The van der Waals surface area contributed by atoms with Gasteiger partial charge in [-0.1, -0.05) is 0 Å². The van der Waals surface area contributed by atoms with E-state index in [2.05, 4.69) is 5.92 Å². The number of aromatic nitrogens is 1. The lowest BCUT2D eigenvalue weighted by Crippen LogP contribution is -2.11. The Hall–Kier alpha value is -1.69. The lowest BCUT2D eigenvalue weighted by Gasteiger charge is -2.06. The van der Waals surface area contributed by atoms with Crippen LogP contribution in [-0.4, -0.2) is 16.6 Å². The van der Waals surface area contributed by atoms with E-state index in [1.807, 2.05) is 29.1 Å². The van der Waals surface area contributed by atoms with Gasteiger partial charge in [0.05, 0.1) is 0 Å². The highest BCUT2D eigenvalue weighted by Crippen LogP contribution is 2.27. The number of hydrogen-bond acceptors (Lipinski definition) is 2. The number of carbonyl (C=O) groups is 1. The molecule has 0 unspecified atom stereocenters. The molecule has 14 heavy (non-hydrogen) atoms. The van der Waals surface area contributed by atoms with Crippen molar-refractivity contribution in [3.63, 3.8) is 0 Å². The minimum Gasteiger partial charge on any atom is -0.460 e. The van der Waals surface area contributed by atoms with Crippen LogP contribution in [-0.2, 0) is 9.53 Å². The summed E-state index contributed by atoms with van der Waals surface area (Å²) < 4.78 is 7.00. The van der Waals surface area contributed by atoms with Crippen molar-refractivity contribution in [2.24, 2.45) is 0 Å². The highest BCUT2D eigenvalue weighted by molar-refractivity contribution is 5.76. The van der Waals surface area contributed by atoms with Gasteiger partial charge in [-0.25, -0.2) is 4.79 Å². The third-order valence-corrected chi connectivity index (χ3v) is 2.37. The molecule has 2 rings (SSSR count). The highest BCUT2D eigenvalue weighted by atomic mass is 16.6. The first-order chi connectivity index (χ1) is 6.81. The van der Waals surface area contributed by atoms with Gasteiger partial charge < -0.3 is 9.30 Å². The predicted octanol–water partition coefficient (Wildman–Crippen LogP) is 1.37. The van der Waals surface area contributed by atoms with Crippen molar-refractivity contribution < 1.29 is 9.53 Å². The maximum Gasteiger partial charge on any atom is 0.329 e. The Labute approximate surface area is 82.7 Å². The van der Waals surface area contributed by atoms with E-state index in [4.69, 9.17) is 11.2 Å². The molecule has 72 valence electrons. The van der Waals surface area contributed by atoms with Gasteiger partial charge in [0.2, 0.25) is 0 Å². The van der Waals surface area contributed by atoms with Crippen molar-refractivity contribution in [3.8, 4) is 12.3 Å². The zero-order valence-electron chi connectivity index (χ0n) is 7.72. The van der Waals surface area contributed by atoms with Crippen molar-refractivity contribution in [2.45, 2.75) is 25.0 Å². The van der Waals surface area contributed by atoms with Crippen molar-refractivity contribution in [3.05, 3.63) is 24.5 Å². The third-order valence-electron chi connectivity index (χ3n) is 2.37. The van der Waals surface area contributed by atoms with Crippen molar-refractivity contribution in [1.29, 1.82) is 0 Å². The summed E-state index contributed by atoms with van der Waals surface area (Å²) in [4.78, 5) is 11.4. The topological polar surface area (TPSA) is 31.2 Å². The fourth-order valence-corrected chi connectivity index (χ4v) is 1.69. The number of ether oxygens (including phenoxy) is 1. The van der Waals surface area contributed by atoms with Gasteiger partial charge in [0.25, 0.3) is 0 Å². The molecule has 1 aliphatic heterocycles. The van der Waals surface area contributed by atoms with E-state index >= 15 is 0 Å². The molecule has 0 N–H and O–H groups in total. The molecule has 1 aromatic rings. The van der Waals surface area contributed by atoms with Crippen LogP contribution in [0.2, 0.25) is 0 Å². The smallest absolute Gasteiger partial charge is 0.329 e. The van der Waals surface area contributed by atoms with Gasteiger partial charge >= 0.3 is 5.97 Å². The molecule has 2 heterocycles. The van der Waals surface area contributed by atoms with Crippen LogP contribution in [0.15, 0.2) is 24.5 Å². The van der Waals surface area contributed by atoms with Gasteiger partial charge in [0, 0.05) is 25.2 Å². The van der Waals surface area contributed by atoms with Gasteiger partial charge in [-0.15, -0.1) is 12.3 Å². The largest absolute Gasteiger partial charge is 0.460 e. The number of hydrogen-bond donors (Lipinski definition) is 0. The van der Waals surface area contributed by atoms with Gasteiger partial charge in [-0.05, 0) is 12.1 Å². The Kier molecular flexibility index (Phi) is 2.28. The summed E-state index contributed by atoms with van der Waals surface area (Å²) in [5, 5.41) is 0. The fraction of sp³-hybridized carbons (Fsp3) is 0.364. The van der Waals surface area contributed by atoms with Gasteiger partial charge in [0.15, 0.2) is 0 Å². The molecule has 1 aliphatic rings. The summed E-state index contributed by atoms with van der Waals surface area (Å²) in [6, 6.07) is 3.59. The van der Waals surface area contributed by atoms with E-state index in [0.717, 1.165) is 0 Å². The second-order valence-corrected chi connectivity index (χ2v) is 3.35. The van der Waals surface area contributed by atoms with E-state index in [-0.39, 0.29) is 18.1 Å². The molecule has 0 saturated carbocycles. The first kappa shape index (κ1) is 8.89. The van der Waals surface area contributed by atoms with Crippen LogP contribution < -0.4 is 0 Å². The monoisotopic (exact) mass is 189 g/mol. The predicted molar refractivity (Wildman–Crippen MR) is 51.4 cm³/mol. The molecule has 2 atom stereocenters. The fourth-order valence-electron chi connectivity index (χ4n) is 1.69. The number of nitrogens with zero attached hydrogens (tertiary/aromatic N) is 1. The third kappa shape index (κ3) is 1.51. The van der Waals surface area contributed by atoms with Crippen LogP contribution in [0, 0.1) is 12.3 Å². The van der Waals surface area contributed by atoms with Crippen molar-refractivity contribution in [2.75, 3.05) is 0 Å². The van der Waals surface area contributed by atoms with E-state index in [9.17, 15) is 4.79 Å². The first-order valence-electron chi connectivity index (χ1n) is 4.57. The lowest BCUT2D eigenvalue weighted by molar-refractivity contribution is -0.143. The number of terminal acetylenes is 1. The van der Waals surface area contributed by atoms with Crippen LogP contribution in [0.25, 0.3) is 0 Å². The quantitative estimate of drug-likeness (QED) is 0.519. The number of rotatable bonds is 2. The van der Waals surface area contributed by atoms with E-state index in [1.165, 1.54) is 0 Å². The molecule has 1 saturated heterocycles. The molecule has 3 nitrogen and oxygen atoms in total. The maximum atomic E-state index is 11.4. The zero-order valence-corrected chi connectivity index (χ0v) is 7.72. The van der Waals surface area contributed by atoms with Crippen LogP contribution in [0.4, 0.5) is 0 Å². The second-order valence-electron chi connectivity index (χ2n) is 3.35. The minimum absolute atomic E-state index is 0.111. The molecule has 1 aromatic heterocycles. The Morgan fingerprint density at radius 2 is 2.29 bits per heavy atom. The van der Waals surface area contributed by atoms with Crippen LogP contribution >= 0.6 is 0 Å². The average molecular weight is 189 g/mol. The van der Waals surface area contributed by atoms with Crippen LogP contribution in [0.3, 0.4) is 0 Å². The molecule has 0 aromatic carbocycles. The lowest BCUT2D eigenvalue weighted by atomic mass is 10.1. The van der Waals surface area contributed by atoms with Crippen LogP contribution in [0.5, 0.6) is 0 Å². The number of esters is 1. The standard InChI is InChI=1S/C11H11NO2/c1-2-5-9-8-10(11(13)14-9)12-6-3-4-7-12/h1,3-4,6-7,9-10H,5,8H2/t9-,10-/m0/s1. The molecule has 3 heteroatoms. The molecular formula is C11H11NO2. The SMILES string of the molecule is C#CC[C@H]1C[C@H](n2cccc2)C(=O)O1. The summed E-state index contributed by atoms with van der Waals surface area (Å²) in [7, 11) is 0. The Morgan fingerprint density at radius 1 is 1.57 bits per heavy atom. The summed E-state index contributed by atoms with van der Waals surface area (Å²) in [5.41, 5.74) is 0. The number of cyclic esters (lactones) is 1. The average Bonchev–Trinajstić information content (AvgIpc) is 2.74. The maximum absolute atomic E-state index is 11.4. The van der Waals surface area contributed by atoms with E-state index in [0.29, 0.717) is 12.8 Å². The molecule has 0 radical (unpaired) electrons. The van der Waals surface area contributed by atoms with E-state index < -0.39 is 0 Å². The summed E-state index contributed by atoms with van der Waals surface area (Å²) in [6.45, 7) is 0. The highest BCUT2D eigenvalue weighted by Gasteiger charge is 2.34. The Morgan fingerprint density at radius 3 is 2.93 bits per heavy atom. The Balaban J connectivity index is 2.09. The van der Waals surface area contributed by atoms with E-state index in [1.54, 1.807) is 0 Å².